The van der Waals surface area contributed by atoms with Crippen LogP contribution in [0.25, 0.3) is 0 Å². The first-order valence-corrected chi connectivity index (χ1v) is 11.1. The fourth-order valence-corrected chi connectivity index (χ4v) is 4.14. The minimum absolute atomic E-state index is 0.206. The number of carbonyl (C=O) groups excluding carboxylic acids is 4. The number of carbonyl (C=O) groups is 4. The molecule has 1 aromatic carbocycles. The van der Waals surface area contributed by atoms with Gasteiger partial charge in [0, 0.05) is 25.2 Å². The molecule has 0 aliphatic carbocycles. The first-order valence-electron chi connectivity index (χ1n) is 11.1. The molecule has 0 saturated carbocycles. The minimum atomic E-state index is -0.629. The molecule has 2 heterocycles. The molecule has 0 bridgehead atoms. The van der Waals surface area contributed by atoms with E-state index in [1.54, 1.807) is 11.8 Å². The van der Waals surface area contributed by atoms with Crippen molar-refractivity contribution < 1.29 is 33.0 Å². The summed E-state index contributed by atoms with van der Waals surface area (Å²) in [6.07, 6.45) is 3.02. The van der Waals surface area contributed by atoms with E-state index in [0.717, 1.165) is 12.8 Å². The number of piperidine rings is 2. The van der Waals surface area contributed by atoms with Crippen LogP contribution in [-0.4, -0.2) is 72.4 Å². The highest BCUT2D eigenvalue weighted by Gasteiger charge is 2.34. The number of amides is 2. The van der Waals surface area contributed by atoms with Crippen molar-refractivity contribution in [3.8, 4) is 0 Å². The van der Waals surface area contributed by atoms with Crippen molar-refractivity contribution in [3.63, 3.8) is 0 Å². The van der Waals surface area contributed by atoms with Gasteiger partial charge in [0.1, 0.15) is 11.9 Å². The monoisotopic (exact) mass is 448 g/mol. The summed E-state index contributed by atoms with van der Waals surface area (Å²) in [6, 6.07) is 4.73. The zero-order chi connectivity index (χ0) is 23.1. The molecule has 2 fully saturated rings. The molecule has 8 nitrogen and oxygen atoms in total. The second kappa shape index (κ2) is 11.1. The van der Waals surface area contributed by atoms with Crippen molar-refractivity contribution in [3.05, 3.63) is 35.6 Å². The van der Waals surface area contributed by atoms with Gasteiger partial charge in [-0.25, -0.2) is 9.18 Å². The Morgan fingerprint density at radius 2 is 1.62 bits per heavy atom. The highest BCUT2D eigenvalue weighted by Crippen LogP contribution is 2.22. The molecular weight excluding hydrogens is 419 g/mol. The van der Waals surface area contributed by atoms with Crippen LogP contribution in [0, 0.1) is 11.7 Å². The smallest absolute Gasteiger partial charge is 0.328 e. The summed E-state index contributed by atoms with van der Waals surface area (Å²) < 4.78 is 23.4. The summed E-state index contributed by atoms with van der Waals surface area (Å²) in [5.41, 5.74) is 0.399. The van der Waals surface area contributed by atoms with E-state index in [4.69, 9.17) is 9.47 Å². The van der Waals surface area contributed by atoms with Crippen LogP contribution in [0.15, 0.2) is 24.3 Å². The SMILES string of the molecule is CCOC(=O)C1CCCCN1C(=O)COC(=O)C1CCN(C(=O)c2ccc(F)cc2)CC1. The number of rotatable bonds is 6. The highest BCUT2D eigenvalue weighted by atomic mass is 19.1. The summed E-state index contributed by atoms with van der Waals surface area (Å²) in [6.45, 7) is 2.73. The van der Waals surface area contributed by atoms with Crippen LogP contribution in [0.4, 0.5) is 4.39 Å². The molecule has 0 aromatic heterocycles. The summed E-state index contributed by atoms with van der Waals surface area (Å²) in [5.74, 6) is -2.32. The predicted octanol–water partition coefficient (Wildman–Crippen LogP) is 2.17. The van der Waals surface area contributed by atoms with Crippen molar-refractivity contribution >= 4 is 23.8 Å². The van der Waals surface area contributed by atoms with Crippen LogP contribution >= 0.6 is 0 Å². The first kappa shape index (κ1) is 23.7. The van der Waals surface area contributed by atoms with E-state index < -0.39 is 42.2 Å². The van der Waals surface area contributed by atoms with Gasteiger partial charge in [0.05, 0.1) is 12.5 Å². The van der Waals surface area contributed by atoms with Crippen LogP contribution in [0.3, 0.4) is 0 Å². The molecule has 1 unspecified atom stereocenters. The lowest BCUT2D eigenvalue weighted by molar-refractivity contribution is -0.162. The van der Waals surface area contributed by atoms with Crippen LogP contribution in [0.1, 0.15) is 49.4 Å². The molecule has 0 radical (unpaired) electrons. The summed E-state index contributed by atoms with van der Waals surface area (Å²) >= 11 is 0. The van der Waals surface area contributed by atoms with Crippen molar-refractivity contribution in [2.45, 2.75) is 45.1 Å². The molecule has 2 saturated heterocycles. The number of hydrogen-bond acceptors (Lipinski definition) is 6. The van der Waals surface area contributed by atoms with E-state index in [2.05, 4.69) is 0 Å². The van der Waals surface area contributed by atoms with Gasteiger partial charge in [-0.2, -0.15) is 0 Å². The largest absolute Gasteiger partial charge is 0.464 e. The molecule has 9 heteroatoms. The quantitative estimate of drug-likeness (QED) is 0.620. The summed E-state index contributed by atoms with van der Waals surface area (Å²) in [7, 11) is 0. The number of benzene rings is 1. The van der Waals surface area contributed by atoms with Crippen LogP contribution in [0.5, 0.6) is 0 Å². The number of esters is 2. The Kier molecular flexibility index (Phi) is 8.19. The Bertz CT molecular complexity index is 835. The van der Waals surface area contributed by atoms with Gasteiger partial charge < -0.3 is 19.3 Å². The number of likely N-dealkylation sites (tertiary alicyclic amines) is 2. The van der Waals surface area contributed by atoms with E-state index in [9.17, 15) is 23.6 Å². The van der Waals surface area contributed by atoms with E-state index in [0.29, 0.717) is 44.5 Å². The van der Waals surface area contributed by atoms with E-state index >= 15 is 0 Å². The lowest BCUT2D eigenvalue weighted by Crippen LogP contribution is -2.50. The van der Waals surface area contributed by atoms with Gasteiger partial charge in [0.2, 0.25) is 0 Å². The first-order chi connectivity index (χ1) is 15.4. The Labute approximate surface area is 186 Å². The molecule has 3 rings (SSSR count). The van der Waals surface area contributed by atoms with Crippen molar-refractivity contribution in [1.29, 1.82) is 0 Å². The fraction of sp³-hybridized carbons (Fsp3) is 0.565. The van der Waals surface area contributed by atoms with Gasteiger partial charge in [0.25, 0.3) is 11.8 Å². The van der Waals surface area contributed by atoms with Gasteiger partial charge in [0.15, 0.2) is 6.61 Å². The number of nitrogens with zero attached hydrogens (tertiary/aromatic N) is 2. The molecule has 2 amide bonds. The molecular formula is C23H29FN2O6. The molecule has 0 spiro atoms. The lowest BCUT2D eigenvalue weighted by Gasteiger charge is -2.34. The van der Waals surface area contributed by atoms with E-state index in [-0.39, 0.29) is 12.5 Å². The highest BCUT2D eigenvalue weighted by molar-refractivity contribution is 5.94. The maximum absolute atomic E-state index is 13.0. The van der Waals surface area contributed by atoms with Crippen LogP contribution in [-0.2, 0) is 23.9 Å². The number of hydrogen-bond donors (Lipinski definition) is 0. The molecule has 1 aromatic rings. The van der Waals surface area contributed by atoms with E-state index in [1.165, 1.54) is 29.2 Å². The lowest BCUT2D eigenvalue weighted by atomic mass is 9.96. The predicted molar refractivity (Wildman–Crippen MR) is 112 cm³/mol. The molecule has 174 valence electrons. The third-order valence-corrected chi connectivity index (χ3v) is 5.93. The molecule has 2 aliphatic rings. The van der Waals surface area contributed by atoms with Gasteiger partial charge in [-0.15, -0.1) is 0 Å². The van der Waals surface area contributed by atoms with Crippen molar-refractivity contribution in [2.75, 3.05) is 32.8 Å². The maximum atomic E-state index is 13.0. The number of halogens is 1. The fourth-order valence-electron chi connectivity index (χ4n) is 4.14. The van der Waals surface area contributed by atoms with Crippen molar-refractivity contribution in [1.82, 2.24) is 9.80 Å². The van der Waals surface area contributed by atoms with Crippen molar-refractivity contribution in [2.24, 2.45) is 5.92 Å². The Hall–Kier alpha value is -2.97. The third-order valence-electron chi connectivity index (χ3n) is 5.93. The summed E-state index contributed by atoms with van der Waals surface area (Å²) in [4.78, 5) is 52.8. The topological polar surface area (TPSA) is 93.2 Å². The van der Waals surface area contributed by atoms with Gasteiger partial charge in [-0.3, -0.25) is 14.4 Å². The molecule has 1 atom stereocenters. The number of ether oxygens (including phenoxy) is 2. The van der Waals surface area contributed by atoms with Gasteiger partial charge in [-0.05, 0) is 63.3 Å². The second-order valence-corrected chi connectivity index (χ2v) is 8.03. The zero-order valence-electron chi connectivity index (χ0n) is 18.3. The standard InChI is InChI=1S/C23H29FN2O6/c1-2-31-23(30)19-5-3-4-12-26(19)20(27)15-32-22(29)17-10-13-25(14-11-17)21(28)16-6-8-18(24)9-7-16/h6-9,17,19H,2-5,10-15H2,1H3. The van der Waals surface area contributed by atoms with Gasteiger partial charge >= 0.3 is 11.9 Å². The normalized spacial score (nSPS) is 19.4. The Morgan fingerprint density at radius 1 is 0.938 bits per heavy atom. The maximum Gasteiger partial charge on any atom is 0.328 e. The summed E-state index contributed by atoms with van der Waals surface area (Å²) in [5, 5.41) is 0. The van der Waals surface area contributed by atoms with Crippen LogP contribution < -0.4 is 0 Å². The third kappa shape index (κ3) is 5.83. The average molecular weight is 448 g/mol. The molecule has 2 aliphatic heterocycles. The Balaban J connectivity index is 1.46. The average Bonchev–Trinajstić information content (AvgIpc) is 2.82. The van der Waals surface area contributed by atoms with Crippen LogP contribution in [0.2, 0.25) is 0 Å². The second-order valence-electron chi connectivity index (χ2n) is 8.03. The molecule has 32 heavy (non-hydrogen) atoms. The zero-order valence-corrected chi connectivity index (χ0v) is 18.3. The Morgan fingerprint density at radius 3 is 2.28 bits per heavy atom. The minimum Gasteiger partial charge on any atom is -0.464 e. The molecule has 0 N–H and O–H groups in total. The van der Waals surface area contributed by atoms with E-state index in [1.807, 2.05) is 0 Å². The van der Waals surface area contributed by atoms with Gasteiger partial charge in [-0.1, -0.05) is 0 Å².